The first-order valence-electron chi connectivity index (χ1n) is 11.0. The lowest BCUT2D eigenvalue weighted by molar-refractivity contribution is -0.121. The molecule has 0 aliphatic heterocycles. The van der Waals surface area contributed by atoms with E-state index < -0.39 is 5.60 Å². The number of para-hydroxylation sites is 2. The molecule has 0 bridgehead atoms. The lowest BCUT2D eigenvalue weighted by atomic mass is 10.2. The van der Waals surface area contributed by atoms with Crippen molar-refractivity contribution in [3.8, 4) is 0 Å². The van der Waals surface area contributed by atoms with E-state index in [2.05, 4.69) is 39.5 Å². The van der Waals surface area contributed by atoms with Crippen LogP contribution in [0.25, 0.3) is 21.8 Å². The van der Waals surface area contributed by atoms with Crippen LogP contribution in [0.2, 0.25) is 0 Å². The summed E-state index contributed by atoms with van der Waals surface area (Å²) in [6.07, 6.45) is 3.45. The molecule has 6 nitrogen and oxygen atoms in total. The molecule has 0 radical (unpaired) electrons. The molecule has 0 unspecified atom stereocenters. The van der Waals surface area contributed by atoms with E-state index in [-0.39, 0.29) is 12.0 Å². The molecule has 31 heavy (non-hydrogen) atoms. The van der Waals surface area contributed by atoms with Crippen molar-refractivity contribution in [2.75, 3.05) is 13.1 Å². The van der Waals surface area contributed by atoms with Crippen LogP contribution in [0.1, 0.15) is 46.5 Å². The first-order valence-corrected chi connectivity index (χ1v) is 11.0. The van der Waals surface area contributed by atoms with Gasteiger partial charge in [0.05, 0.1) is 0 Å². The molecule has 0 atom stereocenters. The third-order valence-corrected chi connectivity index (χ3v) is 5.08. The summed E-state index contributed by atoms with van der Waals surface area (Å²) < 4.78 is 7.29. The number of aromatic nitrogens is 1. The summed E-state index contributed by atoms with van der Waals surface area (Å²) in [7, 11) is 0. The Balaban J connectivity index is 1.37. The zero-order chi connectivity index (χ0) is 22.3. The number of hydrogen-bond acceptors (Lipinski definition) is 3. The first-order chi connectivity index (χ1) is 14.8. The van der Waals surface area contributed by atoms with Crippen LogP contribution >= 0.6 is 0 Å². The Kier molecular flexibility index (Phi) is 7.55. The van der Waals surface area contributed by atoms with Crippen molar-refractivity contribution in [3.05, 3.63) is 48.5 Å². The van der Waals surface area contributed by atoms with Gasteiger partial charge in [0, 0.05) is 34.9 Å². The predicted molar refractivity (Wildman–Crippen MR) is 125 cm³/mol. The Morgan fingerprint density at radius 3 is 1.87 bits per heavy atom. The molecule has 166 valence electrons. The number of carbonyl (C=O) groups excluding carboxylic acids is 2. The summed E-state index contributed by atoms with van der Waals surface area (Å²) in [6.45, 7) is 7.13. The molecule has 3 rings (SSSR count). The minimum atomic E-state index is -0.471. The summed E-state index contributed by atoms with van der Waals surface area (Å²) >= 11 is 0. The van der Waals surface area contributed by atoms with Gasteiger partial charge in [-0.3, -0.25) is 4.79 Å². The highest BCUT2D eigenvalue weighted by atomic mass is 16.6. The van der Waals surface area contributed by atoms with Gasteiger partial charge in [0.25, 0.3) is 0 Å². The molecule has 0 spiro atoms. The largest absolute Gasteiger partial charge is 0.444 e. The molecular formula is C25H33N3O3. The van der Waals surface area contributed by atoms with Gasteiger partial charge in [0.2, 0.25) is 5.91 Å². The van der Waals surface area contributed by atoms with E-state index in [0.717, 1.165) is 36.7 Å². The topological polar surface area (TPSA) is 72.4 Å². The average molecular weight is 424 g/mol. The van der Waals surface area contributed by atoms with E-state index in [9.17, 15) is 9.59 Å². The second-order valence-corrected chi connectivity index (χ2v) is 8.81. The van der Waals surface area contributed by atoms with E-state index in [4.69, 9.17) is 4.74 Å². The molecule has 0 aliphatic carbocycles. The van der Waals surface area contributed by atoms with E-state index >= 15 is 0 Å². The molecule has 6 heteroatoms. The molecule has 0 saturated carbocycles. The molecule has 1 aromatic heterocycles. The van der Waals surface area contributed by atoms with Gasteiger partial charge in [-0.2, -0.15) is 0 Å². The van der Waals surface area contributed by atoms with Crippen molar-refractivity contribution >= 4 is 33.8 Å². The number of carbonyl (C=O) groups is 2. The first kappa shape index (κ1) is 22.7. The van der Waals surface area contributed by atoms with Gasteiger partial charge in [-0.15, -0.1) is 0 Å². The van der Waals surface area contributed by atoms with Crippen molar-refractivity contribution in [1.82, 2.24) is 15.2 Å². The van der Waals surface area contributed by atoms with Crippen LogP contribution in [-0.2, 0) is 16.1 Å². The lowest BCUT2D eigenvalue weighted by Gasteiger charge is -2.19. The van der Waals surface area contributed by atoms with Crippen molar-refractivity contribution in [1.29, 1.82) is 0 Å². The molecule has 2 aromatic carbocycles. The predicted octanol–water partition coefficient (Wildman–Crippen LogP) is 5.00. The Labute approximate surface area is 183 Å². The highest BCUT2D eigenvalue weighted by Crippen LogP contribution is 2.28. The molecule has 2 N–H and O–H groups in total. The van der Waals surface area contributed by atoms with Gasteiger partial charge in [0.1, 0.15) is 12.1 Å². The second kappa shape index (κ2) is 10.3. The monoisotopic (exact) mass is 423 g/mol. The second-order valence-electron chi connectivity index (χ2n) is 8.81. The zero-order valence-corrected chi connectivity index (χ0v) is 18.7. The molecular weight excluding hydrogens is 390 g/mol. The number of fused-ring (bicyclic) bond motifs is 3. The number of nitrogens with zero attached hydrogens (tertiary/aromatic N) is 1. The van der Waals surface area contributed by atoms with E-state index in [1.807, 2.05) is 45.0 Å². The fraction of sp³-hybridized carbons (Fsp3) is 0.440. The van der Waals surface area contributed by atoms with E-state index in [1.165, 1.54) is 10.8 Å². The SMILES string of the molecule is CC(C)(C)OC(=O)NCCCCCCNC(=O)Cn1c2ccccc2c2ccccc21. The fourth-order valence-electron chi connectivity index (χ4n) is 3.71. The standard InChI is InChI=1S/C25H33N3O3/c1-25(2,3)31-24(30)27-17-11-5-4-10-16-26-23(29)18-28-21-14-8-6-12-19(21)20-13-7-9-15-22(20)28/h6-9,12-15H,4-5,10-11,16-18H2,1-3H3,(H,26,29)(H,27,30). The van der Waals surface area contributed by atoms with Crippen LogP contribution in [0.4, 0.5) is 4.79 Å². The van der Waals surface area contributed by atoms with Gasteiger partial charge in [-0.25, -0.2) is 4.79 Å². The quantitative estimate of drug-likeness (QED) is 0.476. The Bertz CT molecular complexity index is 980. The molecule has 0 aliphatic rings. The number of nitrogens with one attached hydrogen (secondary N) is 2. The molecule has 0 saturated heterocycles. The maximum atomic E-state index is 12.5. The summed E-state index contributed by atoms with van der Waals surface area (Å²) in [5, 5.41) is 8.15. The van der Waals surface area contributed by atoms with Gasteiger partial charge in [-0.05, 0) is 45.7 Å². The minimum Gasteiger partial charge on any atom is -0.444 e. The molecule has 2 amide bonds. The number of unbranched alkanes of at least 4 members (excludes halogenated alkanes) is 3. The fourth-order valence-corrected chi connectivity index (χ4v) is 3.71. The molecule has 0 fully saturated rings. The Hall–Kier alpha value is -3.02. The van der Waals surface area contributed by atoms with Gasteiger partial charge >= 0.3 is 6.09 Å². The normalized spacial score (nSPS) is 11.6. The molecule has 3 aromatic rings. The van der Waals surface area contributed by atoms with E-state index in [0.29, 0.717) is 19.6 Å². The third-order valence-electron chi connectivity index (χ3n) is 5.08. The number of amides is 2. The van der Waals surface area contributed by atoms with Crippen molar-refractivity contribution in [3.63, 3.8) is 0 Å². The van der Waals surface area contributed by atoms with Gasteiger partial charge in [-0.1, -0.05) is 49.2 Å². The minimum absolute atomic E-state index is 0.0260. The van der Waals surface area contributed by atoms with Crippen molar-refractivity contribution in [2.45, 2.75) is 58.6 Å². The summed E-state index contributed by atoms with van der Waals surface area (Å²) in [4.78, 5) is 24.1. The number of alkyl carbamates (subject to hydrolysis) is 1. The highest BCUT2D eigenvalue weighted by Gasteiger charge is 2.15. The van der Waals surface area contributed by atoms with Crippen LogP contribution in [-0.4, -0.2) is 35.3 Å². The van der Waals surface area contributed by atoms with Crippen LogP contribution < -0.4 is 10.6 Å². The van der Waals surface area contributed by atoms with Crippen LogP contribution in [0.5, 0.6) is 0 Å². The maximum absolute atomic E-state index is 12.5. The maximum Gasteiger partial charge on any atom is 0.407 e. The van der Waals surface area contributed by atoms with Crippen LogP contribution in [0, 0.1) is 0 Å². The lowest BCUT2D eigenvalue weighted by Crippen LogP contribution is -2.33. The summed E-state index contributed by atoms with van der Waals surface area (Å²) in [5.41, 5.74) is 1.69. The number of benzene rings is 2. The average Bonchev–Trinajstić information content (AvgIpc) is 3.03. The summed E-state index contributed by atoms with van der Waals surface area (Å²) in [6, 6.07) is 16.4. The number of rotatable bonds is 9. The van der Waals surface area contributed by atoms with Crippen molar-refractivity contribution in [2.24, 2.45) is 0 Å². The zero-order valence-electron chi connectivity index (χ0n) is 18.7. The van der Waals surface area contributed by atoms with E-state index in [1.54, 1.807) is 0 Å². The number of ether oxygens (including phenoxy) is 1. The Morgan fingerprint density at radius 2 is 1.32 bits per heavy atom. The van der Waals surface area contributed by atoms with Gasteiger partial charge < -0.3 is 19.9 Å². The highest BCUT2D eigenvalue weighted by molar-refractivity contribution is 6.08. The summed E-state index contributed by atoms with van der Waals surface area (Å²) in [5.74, 6) is 0.0260. The van der Waals surface area contributed by atoms with Crippen molar-refractivity contribution < 1.29 is 14.3 Å². The van der Waals surface area contributed by atoms with Crippen LogP contribution in [0.3, 0.4) is 0 Å². The number of hydrogen-bond donors (Lipinski definition) is 2. The molecule has 1 heterocycles. The van der Waals surface area contributed by atoms with Crippen LogP contribution in [0.15, 0.2) is 48.5 Å². The smallest absolute Gasteiger partial charge is 0.407 e. The van der Waals surface area contributed by atoms with Gasteiger partial charge in [0.15, 0.2) is 0 Å². The Morgan fingerprint density at radius 1 is 0.806 bits per heavy atom. The third kappa shape index (κ3) is 6.48.